The Hall–Kier alpha value is -1.14. The van der Waals surface area contributed by atoms with Gasteiger partial charge in [0.2, 0.25) is 5.91 Å². The molecule has 0 bridgehead atoms. The number of methoxy groups -OCH3 is 1. The lowest BCUT2D eigenvalue weighted by atomic mass is 10.2. The second-order valence-corrected chi connectivity index (χ2v) is 2.99. The van der Waals surface area contributed by atoms with Gasteiger partial charge in [0.05, 0.1) is 18.6 Å². The molecule has 0 aromatic carbocycles. The minimum atomic E-state index is -0.966. The Morgan fingerprint density at radius 1 is 1.57 bits per heavy atom. The van der Waals surface area contributed by atoms with Gasteiger partial charge in [-0.25, -0.2) is 0 Å². The Morgan fingerprint density at radius 2 is 2.14 bits per heavy atom. The third-order valence-electron chi connectivity index (χ3n) is 1.65. The maximum atomic E-state index is 11.0. The average Bonchev–Trinajstić information content (AvgIpc) is 2.10. The summed E-state index contributed by atoms with van der Waals surface area (Å²) in [6.07, 6.45) is -0.661. The van der Waals surface area contributed by atoms with Gasteiger partial charge >= 0.3 is 5.97 Å². The summed E-state index contributed by atoms with van der Waals surface area (Å²) < 4.78 is 4.85. The number of carbonyl (C=O) groups is 2. The van der Waals surface area contributed by atoms with Crippen molar-refractivity contribution in [1.29, 1.82) is 0 Å². The van der Waals surface area contributed by atoms with Gasteiger partial charge in [0.15, 0.2) is 0 Å². The minimum absolute atomic E-state index is 0.143. The molecule has 0 radical (unpaired) electrons. The van der Waals surface area contributed by atoms with Crippen LogP contribution >= 0.6 is 0 Å². The van der Waals surface area contributed by atoms with Crippen molar-refractivity contribution >= 4 is 11.9 Å². The fourth-order valence-corrected chi connectivity index (χ4v) is 0.809. The van der Waals surface area contributed by atoms with Crippen molar-refractivity contribution in [3.63, 3.8) is 0 Å². The number of aliphatic carboxylic acids is 1. The molecule has 1 unspecified atom stereocenters. The Bertz CT molecular complexity index is 206. The Morgan fingerprint density at radius 3 is 2.50 bits per heavy atom. The van der Waals surface area contributed by atoms with E-state index in [4.69, 9.17) is 15.6 Å². The smallest absolute Gasteiger partial charge is 0.306 e. The number of amides is 1. The van der Waals surface area contributed by atoms with Gasteiger partial charge in [-0.15, -0.1) is 0 Å². The van der Waals surface area contributed by atoms with E-state index in [0.29, 0.717) is 0 Å². The van der Waals surface area contributed by atoms with Crippen LogP contribution in [0.3, 0.4) is 0 Å². The SMILES string of the molecule is COC(CNC(=O)[C@@H](C)N)CC(=O)O. The highest BCUT2D eigenvalue weighted by Gasteiger charge is 2.14. The third-order valence-corrected chi connectivity index (χ3v) is 1.65. The Balaban J connectivity index is 3.83. The zero-order chi connectivity index (χ0) is 11.1. The molecule has 0 saturated carbocycles. The lowest BCUT2D eigenvalue weighted by Gasteiger charge is -2.14. The first kappa shape index (κ1) is 12.9. The maximum Gasteiger partial charge on any atom is 0.306 e. The van der Waals surface area contributed by atoms with E-state index in [9.17, 15) is 9.59 Å². The van der Waals surface area contributed by atoms with E-state index in [1.807, 2.05) is 0 Å². The molecule has 0 saturated heterocycles. The quantitative estimate of drug-likeness (QED) is 0.512. The van der Waals surface area contributed by atoms with Crippen molar-refractivity contribution in [2.24, 2.45) is 5.73 Å². The number of ether oxygens (including phenoxy) is 1. The number of hydrogen-bond acceptors (Lipinski definition) is 4. The summed E-state index contributed by atoms with van der Waals surface area (Å²) in [4.78, 5) is 21.3. The molecule has 14 heavy (non-hydrogen) atoms. The Kier molecular flexibility index (Phi) is 5.82. The van der Waals surface area contributed by atoms with E-state index in [2.05, 4.69) is 5.32 Å². The van der Waals surface area contributed by atoms with Crippen molar-refractivity contribution in [2.75, 3.05) is 13.7 Å². The summed E-state index contributed by atoms with van der Waals surface area (Å²) >= 11 is 0. The lowest BCUT2D eigenvalue weighted by Crippen LogP contribution is -2.42. The summed E-state index contributed by atoms with van der Waals surface area (Å²) in [5.74, 6) is -1.29. The standard InChI is InChI=1S/C8H16N2O4/c1-5(9)8(13)10-4-6(14-2)3-7(11)12/h5-6H,3-4,9H2,1-2H3,(H,10,13)(H,11,12)/t5-,6?/m1/s1. The number of nitrogens with two attached hydrogens (primary N) is 1. The second kappa shape index (κ2) is 6.33. The average molecular weight is 204 g/mol. The van der Waals surface area contributed by atoms with Gasteiger partial charge in [0.1, 0.15) is 0 Å². The van der Waals surface area contributed by atoms with Gasteiger partial charge in [0, 0.05) is 13.7 Å². The first-order valence-corrected chi connectivity index (χ1v) is 4.25. The van der Waals surface area contributed by atoms with E-state index in [1.165, 1.54) is 7.11 Å². The molecule has 2 atom stereocenters. The van der Waals surface area contributed by atoms with E-state index < -0.39 is 18.1 Å². The van der Waals surface area contributed by atoms with Crippen LogP contribution in [0, 0.1) is 0 Å². The van der Waals surface area contributed by atoms with Crippen molar-refractivity contribution in [3.8, 4) is 0 Å². The molecule has 0 spiro atoms. The summed E-state index contributed by atoms with van der Waals surface area (Å²) in [5.41, 5.74) is 5.30. The molecule has 0 aliphatic carbocycles. The van der Waals surface area contributed by atoms with E-state index >= 15 is 0 Å². The lowest BCUT2D eigenvalue weighted by molar-refractivity contribution is -0.140. The second-order valence-electron chi connectivity index (χ2n) is 2.99. The summed E-state index contributed by atoms with van der Waals surface area (Å²) in [6.45, 7) is 1.71. The number of carboxylic acids is 1. The van der Waals surface area contributed by atoms with Crippen molar-refractivity contribution in [1.82, 2.24) is 5.32 Å². The van der Waals surface area contributed by atoms with E-state index in [1.54, 1.807) is 6.92 Å². The molecular formula is C8H16N2O4. The topological polar surface area (TPSA) is 102 Å². The van der Waals surface area contributed by atoms with Crippen LogP contribution in [-0.2, 0) is 14.3 Å². The fourth-order valence-electron chi connectivity index (χ4n) is 0.809. The van der Waals surface area contributed by atoms with Crippen LogP contribution in [0.5, 0.6) is 0 Å². The van der Waals surface area contributed by atoms with E-state index in [-0.39, 0.29) is 18.9 Å². The molecule has 4 N–H and O–H groups in total. The normalized spacial score (nSPS) is 14.5. The van der Waals surface area contributed by atoms with Gasteiger partial charge < -0.3 is 20.9 Å². The summed E-state index contributed by atoms with van der Waals surface area (Å²) in [5, 5.41) is 11.0. The van der Waals surface area contributed by atoms with Crippen LogP contribution in [0.1, 0.15) is 13.3 Å². The van der Waals surface area contributed by atoms with Crippen molar-refractivity contribution in [3.05, 3.63) is 0 Å². The number of hydrogen-bond donors (Lipinski definition) is 3. The van der Waals surface area contributed by atoms with Gasteiger partial charge in [-0.3, -0.25) is 9.59 Å². The molecule has 1 amide bonds. The highest BCUT2D eigenvalue weighted by atomic mass is 16.5. The molecule has 0 aliphatic rings. The summed E-state index contributed by atoms with van der Waals surface area (Å²) in [6, 6.07) is -0.600. The molecule has 0 aromatic rings. The summed E-state index contributed by atoms with van der Waals surface area (Å²) in [7, 11) is 1.39. The van der Waals surface area contributed by atoms with Crippen LogP contribution in [0.2, 0.25) is 0 Å². The highest BCUT2D eigenvalue weighted by molar-refractivity contribution is 5.81. The van der Waals surface area contributed by atoms with Gasteiger partial charge in [-0.1, -0.05) is 0 Å². The van der Waals surface area contributed by atoms with Crippen LogP contribution in [0.25, 0.3) is 0 Å². The molecule has 0 heterocycles. The van der Waals surface area contributed by atoms with Gasteiger partial charge in [-0.05, 0) is 6.92 Å². The van der Waals surface area contributed by atoms with Crippen molar-refractivity contribution < 1.29 is 19.4 Å². The van der Waals surface area contributed by atoms with Gasteiger partial charge in [-0.2, -0.15) is 0 Å². The molecule has 0 fully saturated rings. The van der Waals surface area contributed by atoms with Gasteiger partial charge in [0.25, 0.3) is 0 Å². The first-order chi connectivity index (χ1) is 6.47. The molecule has 6 nitrogen and oxygen atoms in total. The molecule has 82 valence electrons. The molecular weight excluding hydrogens is 188 g/mol. The monoisotopic (exact) mass is 204 g/mol. The van der Waals surface area contributed by atoms with Crippen LogP contribution in [0.4, 0.5) is 0 Å². The highest BCUT2D eigenvalue weighted by Crippen LogP contribution is 1.95. The van der Waals surface area contributed by atoms with Crippen molar-refractivity contribution in [2.45, 2.75) is 25.5 Å². The van der Waals surface area contributed by atoms with Crippen LogP contribution in [-0.4, -0.2) is 42.8 Å². The molecule has 6 heteroatoms. The molecule has 0 aromatic heterocycles. The number of rotatable bonds is 6. The fraction of sp³-hybridized carbons (Fsp3) is 0.750. The zero-order valence-electron chi connectivity index (χ0n) is 8.32. The predicted octanol–water partition coefficient (Wildman–Crippen LogP) is -1.06. The molecule has 0 rings (SSSR count). The van der Waals surface area contributed by atoms with Crippen LogP contribution < -0.4 is 11.1 Å². The number of carbonyl (C=O) groups excluding carboxylic acids is 1. The third kappa shape index (κ3) is 5.50. The molecule has 0 aliphatic heterocycles. The maximum absolute atomic E-state index is 11.0. The van der Waals surface area contributed by atoms with Crippen LogP contribution in [0.15, 0.2) is 0 Å². The zero-order valence-corrected chi connectivity index (χ0v) is 8.32. The predicted molar refractivity (Wildman–Crippen MR) is 49.7 cm³/mol. The number of nitrogens with one attached hydrogen (secondary N) is 1. The van der Waals surface area contributed by atoms with E-state index in [0.717, 1.165) is 0 Å². The largest absolute Gasteiger partial charge is 0.481 e. The Labute approximate surface area is 82.4 Å². The first-order valence-electron chi connectivity index (χ1n) is 4.25. The number of carboxylic acid groups (broad SMARTS) is 1. The minimum Gasteiger partial charge on any atom is -0.481 e.